The van der Waals surface area contributed by atoms with Crippen LogP contribution in [0, 0.1) is 6.92 Å². The summed E-state index contributed by atoms with van der Waals surface area (Å²) in [6, 6.07) is 5.12. The van der Waals surface area contributed by atoms with Crippen LogP contribution in [0.15, 0.2) is 29.2 Å². The predicted molar refractivity (Wildman–Crippen MR) is 67.2 cm³/mol. The van der Waals surface area contributed by atoms with E-state index in [9.17, 15) is 14.4 Å². The van der Waals surface area contributed by atoms with Gasteiger partial charge in [0.1, 0.15) is 11.2 Å². The van der Waals surface area contributed by atoms with Gasteiger partial charge >= 0.3 is 5.97 Å². The van der Waals surface area contributed by atoms with Gasteiger partial charge in [-0.3, -0.25) is 14.0 Å². The molecule has 0 aromatic carbocycles. The van der Waals surface area contributed by atoms with Crippen LogP contribution in [0.4, 0.5) is 0 Å². The van der Waals surface area contributed by atoms with Crippen LogP contribution >= 0.6 is 0 Å². The molecule has 0 atom stereocenters. The third-order valence-electron chi connectivity index (χ3n) is 2.63. The number of carbonyl (C=O) groups excluding carboxylic acids is 2. The van der Waals surface area contributed by atoms with E-state index in [2.05, 4.69) is 9.72 Å². The summed E-state index contributed by atoms with van der Waals surface area (Å²) in [5, 5.41) is 0. The van der Waals surface area contributed by atoms with Crippen molar-refractivity contribution in [2.75, 3.05) is 6.61 Å². The number of hydrogen-bond donors (Lipinski definition) is 0. The number of hydrogen-bond acceptors (Lipinski definition) is 5. The van der Waals surface area contributed by atoms with Crippen molar-refractivity contribution in [1.29, 1.82) is 0 Å². The topological polar surface area (TPSA) is 77.7 Å². The first-order valence-electron chi connectivity index (χ1n) is 5.75. The first-order valence-corrected chi connectivity index (χ1v) is 5.75. The smallest absolute Gasteiger partial charge is 0.379 e. The molecule has 2 aromatic rings. The van der Waals surface area contributed by atoms with Gasteiger partial charge in [-0.15, -0.1) is 0 Å². The van der Waals surface area contributed by atoms with Crippen LogP contribution in [0.2, 0.25) is 0 Å². The zero-order valence-corrected chi connectivity index (χ0v) is 10.5. The van der Waals surface area contributed by atoms with E-state index in [1.54, 1.807) is 32.0 Å². The lowest BCUT2D eigenvalue weighted by atomic mass is 10.2. The Morgan fingerprint density at radius 2 is 2.11 bits per heavy atom. The van der Waals surface area contributed by atoms with Crippen LogP contribution < -0.4 is 5.56 Å². The summed E-state index contributed by atoms with van der Waals surface area (Å²) in [6.45, 7) is 3.38. The van der Waals surface area contributed by atoms with Crippen molar-refractivity contribution in [3.05, 3.63) is 46.0 Å². The van der Waals surface area contributed by atoms with Gasteiger partial charge in [0.2, 0.25) is 0 Å². The average Bonchev–Trinajstić information content (AvgIpc) is 2.38. The molecule has 0 saturated heterocycles. The Morgan fingerprint density at radius 3 is 2.79 bits per heavy atom. The van der Waals surface area contributed by atoms with Crippen molar-refractivity contribution in [3.8, 4) is 0 Å². The van der Waals surface area contributed by atoms with Crippen molar-refractivity contribution in [3.63, 3.8) is 0 Å². The Balaban J connectivity index is 2.61. The standard InChI is InChI=1S/C13H12N2O4/c1-3-19-13(18)11(16)9-7-14-10-6-4-5-8(2)15(10)12(9)17/h4-7H,3H2,1-2H3. The second kappa shape index (κ2) is 5.01. The molecule has 0 saturated carbocycles. The monoisotopic (exact) mass is 260 g/mol. The minimum Gasteiger partial charge on any atom is -0.460 e. The fraction of sp³-hybridized carbons (Fsp3) is 0.231. The molecule has 2 rings (SSSR count). The van der Waals surface area contributed by atoms with E-state index in [0.29, 0.717) is 11.3 Å². The van der Waals surface area contributed by atoms with E-state index in [1.165, 1.54) is 4.40 Å². The molecule has 0 N–H and O–H groups in total. The molecular weight excluding hydrogens is 248 g/mol. The van der Waals surface area contributed by atoms with Gasteiger partial charge in [-0.05, 0) is 26.0 Å². The van der Waals surface area contributed by atoms with Gasteiger partial charge in [-0.2, -0.15) is 0 Å². The molecule has 0 unspecified atom stereocenters. The third-order valence-corrected chi connectivity index (χ3v) is 2.63. The average molecular weight is 260 g/mol. The van der Waals surface area contributed by atoms with E-state index in [1.807, 2.05) is 0 Å². The van der Waals surface area contributed by atoms with Gasteiger partial charge in [0.15, 0.2) is 0 Å². The summed E-state index contributed by atoms with van der Waals surface area (Å²) in [6.07, 6.45) is 1.11. The van der Waals surface area contributed by atoms with Crippen LogP contribution in [0.5, 0.6) is 0 Å². The van der Waals surface area contributed by atoms with Crippen LogP contribution in [0.25, 0.3) is 5.65 Å². The minimum absolute atomic E-state index is 0.0753. The fourth-order valence-corrected chi connectivity index (χ4v) is 1.74. The quantitative estimate of drug-likeness (QED) is 0.462. The normalized spacial score (nSPS) is 10.4. The molecule has 98 valence electrons. The van der Waals surface area contributed by atoms with Gasteiger partial charge < -0.3 is 4.74 Å². The Bertz CT molecular complexity index is 718. The number of carbonyl (C=O) groups is 2. The number of pyridine rings is 1. The molecule has 0 amide bonds. The fourth-order valence-electron chi connectivity index (χ4n) is 1.74. The van der Waals surface area contributed by atoms with Crippen molar-refractivity contribution in [2.24, 2.45) is 0 Å². The molecule has 0 spiro atoms. The zero-order valence-electron chi connectivity index (χ0n) is 10.5. The first kappa shape index (κ1) is 12.9. The molecule has 2 aromatic heterocycles. The van der Waals surface area contributed by atoms with E-state index in [0.717, 1.165) is 6.20 Å². The van der Waals surface area contributed by atoms with E-state index >= 15 is 0 Å². The summed E-state index contributed by atoms with van der Waals surface area (Å²) in [5.74, 6) is -2.02. The zero-order chi connectivity index (χ0) is 14.0. The number of ketones is 1. The molecule has 0 aliphatic heterocycles. The maximum Gasteiger partial charge on any atom is 0.379 e. The number of Topliss-reactive ketones (excluding diaryl/α,β-unsaturated/α-hetero) is 1. The molecule has 6 nitrogen and oxygen atoms in total. The summed E-state index contributed by atoms with van der Waals surface area (Å²) in [5.41, 5.74) is 0.199. The van der Waals surface area contributed by atoms with E-state index in [4.69, 9.17) is 0 Å². The Kier molecular flexibility index (Phi) is 3.41. The molecule has 0 fully saturated rings. The van der Waals surface area contributed by atoms with Crippen LogP contribution in [-0.4, -0.2) is 27.7 Å². The maximum atomic E-state index is 12.2. The van der Waals surface area contributed by atoms with Gasteiger partial charge in [-0.25, -0.2) is 9.78 Å². The largest absolute Gasteiger partial charge is 0.460 e. The first-order chi connectivity index (χ1) is 9.06. The molecule has 2 heterocycles. The van der Waals surface area contributed by atoms with Crippen molar-refractivity contribution >= 4 is 17.4 Å². The highest BCUT2D eigenvalue weighted by Gasteiger charge is 2.22. The molecule has 6 heteroatoms. The van der Waals surface area contributed by atoms with E-state index in [-0.39, 0.29) is 12.2 Å². The van der Waals surface area contributed by atoms with E-state index < -0.39 is 17.3 Å². The molecule has 0 radical (unpaired) electrons. The summed E-state index contributed by atoms with van der Waals surface area (Å²) in [4.78, 5) is 39.3. The van der Waals surface area contributed by atoms with Crippen molar-refractivity contribution in [2.45, 2.75) is 13.8 Å². The second-order valence-corrected chi connectivity index (χ2v) is 3.89. The Hall–Kier alpha value is -2.50. The maximum absolute atomic E-state index is 12.2. The molecule has 0 aliphatic rings. The summed E-state index contributed by atoms with van der Waals surface area (Å²) >= 11 is 0. The van der Waals surface area contributed by atoms with Crippen molar-refractivity contribution < 1.29 is 14.3 Å². The second-order valence-electron chi connectivity index (χ2n) is 3.89. The lowest BCUT2D eigenvalue weighted by Crippen LogP contribution is -2.29. The molecule has 0 aliphatic carbocycles. The molecule has 0 bridgehead atoms. The van der Waals surface area contributed by atoms with Crippen LogP contribution in [0.3, 0.4) is 0 Å². The highest BCUT2D eigenvalue weighted by molar-refractivity contribution is 6.40. The molecular formula is C13H12N2O4. The van der Waals surface area contributed by atoms with Crippen LogP contribution in [-0.2, 0) is 9.53 Å². The Labute approximate surface area is 108 Å². The van der Waals surface area contributed by atoms with Crippen LogP contribution in [0.1, 0.15) is 23.0 Å². The number of esters is 1. The van der Waals surface area contributed by atoms with Gasteiger partial charge in [0.25, 0.3) is 11.3 Å². The number of aryl methyl sites for hydroxylation is 1. The number of nitrogens with zero attached hydrogens (tertiary/aromatic N) is 2. The number of fused-ring (bicyclic) bond motifs is 1. The molecule has 19 heavy (non-hydrogen) atoms. The predicted octanol–water partition coefficient (Wildman–Crippen LogP) is 0.749. The van der Waals surface area contributed by atoms with Crippen molar-refractivity contribution in [1.82, 2.24) is 9.38 Å². The summed E-state index contributed by atoms with van der Waals surface area (Å²) < 4.78 is 5.88. The number of aromatic nitrogens is 2. The minimum atomic E-state index is -1.05. The van der Waals surface area contributed by atoms with Gasteiger partial charge in [0.05, 0.1) is 6.61 Å². The third kappa shape index (κ3) is 2.24. The number of ether oxygens (including phenoxy) is 1. The lowest BCUT2D eigenvalue weighted by Gasteiger charge is -2.05. The Morgan fingerprint density at radius 1 is 1.37 bits per heavy atom. The highest BCUT2D eigenvalue weighted by Crippen LogP contribution is 2.03. The number of rotatable bonds is 3. The lowest BCUT2D eigenvalue weighted by molar-refractivity contribution is -0.137. The SMILES string of the molecule is CCOC(=O)C(=O)c1cnc2cccc(C)n2c1=O. The highest BCUT2D eigenvalue weighted by atomic mass is 16.5. The summed E-state index contributed by atoms with van der Waals surface area (Å²) in [7, 11) is 0. The van der Waals surface area contributed by atoms with Gasteiger partial charge in [-0.1, -0.05) is 6.07 Å². The van der Waals surface area contributed by atoms with Gasteiger partial charge in [0, 0.05) is 11.9 Å².